The van der Waals surface area contributed by atoms with E-state index in [0.29, 0.717) is 11.1 Å². The second-order valence-electron chi connectivity index (χ2n) is 7.96. The average molecular weight is 413 g/mol. The van der Waals surface area contributed by atoms with Crippen molar-refractivity contribution in [1.29, 1.82) is 0 Å². The van der Waals surface area contributed by atoms with Crippen molar-refractivity contribution >= 4 is 6.08 Å². The fourth-order valence-electron chi connectivity index (χ4n) is 3.71. The van der Waals surface area contributed by atoms with Gasteiger partial charge in [0.1, 0.15) is 23.0 Å². The number of aromatic hydroxyl groups is 4. The van der Waals surface area contributed by atoms with E-state index >= 15 is 0 Å². The van der Waals surface area contributed by atoms with Crippen LogP contribution in [0.1, 0.15) is 81.8 Å². The third-order valence-corrected chi connectivity index (χ3v) is 5.52. The fraction of sp³-hybridized carbons (Fsp3) is 0.462. The van der Waals surface area contributed by atoms with Crippen LogP contribution in [0.2, 0.25) is 0 Å². The van der Waals surface area contributed by atoms with Crippen LogP contribution in [0.15, 0.2) is 42.5 Å². The largest absolute Gasteiger partial charge is 0.508 e. The summed E-state index contributed by atoms with van der Waals surface area (Å²) in [6.45, 7) is 0. The molecule has 4 nitrogen and oxygen atoms in total. The minimum absolute atomic E-state index is 0.114. The molecule has 0 aromatic heterocycles. The molecule has 0 bridgehead atoms. The van der Waals surface area contributed by atoms with Crippen LogP contribution in [0.4, 0.5) is 0 Å². The summed E-state index contributed by atoms with van der Waals surface area (Å²) >= 11 is 0. The minimum Gasteiger partial charge on any atom is -0.508 e. The first-order valence-corrected chi connectivity index (χ1v) is 11.3. The van der Waals surface area contributed by atoms with E-state index in [1.54, 1.807) is 42.5 Å². The van der Waals surface area contributed by atoms with Gasteiger partial charge in [-0.3, -0.25) is 0 Å². The third kappa shape index (κ3) is 8.40. The molecule has 0 saturated carbocycles. The molecule has 0 atom stereocenters. The molecular weight excluding hydrogens is 376 g/mol. The number of phenolic OH excluding ortho intramolecular Hbond substituents is 4. The predicted molar refractivity (Wildman–Crippen MR) is 123 cm³/mol. The van der Waals surface area contributed by atoms with Crippen LogP contribution in [0.25, 0.3) is 6.08 Å². The van der Waals surface area contributed by atoms with Gasteiger partial charge in [0.25, 0.3) is 0 Å². The summed E-state index contributed by atoms with van der Waals surface area (Å²) in [6.07, 6.45) is 17.5. The molecule has 4 N–H and O–H groups in total. The summed E-state index contributed by atoms with van der Waals surface area (Å²) in [7, 11) is 0. The molecule has 0 spiro atoms. The van der Waals surface area contributed by atoms with E-state index in [-0.39, 0.29) is 23.0 Å². The van der Waals surface area contributed by atoms with Gasteiger partial charge in [-0.1, -0.05) is 75.7 Å². The highest BCUT2D eigenvalue weighted by molar-refractivity contribution is 5.63. The third-order valence-electron chi connectivity index (χ3n) is 5.52. The molecule has 0 aliphatic carbocycles. The van der Waals surface area contributed by atoms with Crippen molar-refractivity contribution < 1.29 is 20.4 Å². The number of rotatable bonds is 14. The molecule has 0 aliphatic rings. The van der Waals surface area contributed by atoms with Gasteiger partial charge in [0.05, 0.1) is 5.56 Å². The molecule has 2 aromatic rings. The lowest BCUT2D eigenvalue weighted by atomic mass is 10.0. The fourth-order valence-corrected chi connectivity index (χ4v) is 3.71. The van der Waals surface area contributed by atoms with Gasteiger partial charge in [0.2, 0.25) is 0 Å². The molecule has 0 fully saturated rings. The Balaban J connectivity index is 1.41. The van der Waals surface area contributed by atoms with Crippen LogP contribution in [0, 0.1) is 0 Å². The quantitative estimate of drug-likeness (QED) is 0.250. The first-order valence-electron chi connectivity index (χ1n) is 11.3. The van der Waals surface area contributed by atoms with Gasteiger partial charge >= 0.3 is 0 Å². The van der Waals surface area contributed by atoms with Crippen LogP contribution in [-0.4, -0.2) is 20.4 Å². The van der Waals surface area contributed by atoms with E-state index < -0.39 is 0 Å². The Morgan fingerprint density at radius 1 is 0.533 bits per heavy atom. The Morgan fingerprint density at radius 3 is 1.50 bits per heavy atom. The molecular formula is C26H36O4. The average Bonchev–Trinajstić information content (AvgIpc) is 2.72. The van der Waals surface area contributed by atoms with Crippen molar-refractivity contribution in [3.05, 3.63) is 53.6 Å². The van der Waals surface area contributed by atoms with Crippen molar-refractivity contribution in [2.45, 2.75) is 77.0 Å². The lowest BCUT2D eigenvalue weighted by Crippen LogP contribution is -1.88. The van der Waals surface area contributed by atoms with Gasteiger partial charge in [0.15, 0.2) is 0 Å². The van der Waals surface area contributed by atoms with Gasteiger partial charge in [-0.05, 0) is 49.9 Å². The molecule has 2 aromatic carbocycles. The number of allylic oxidation sites excluding steroid dienone is 1. The minimum atomic E-state index is 0.114. The molecule has 30 heavy (non-hydrogen) atoms. The number of benzene rings is 2. The highest BCUT2D eigenvalue weighted by Crippen LogP contribution is 2.29. The Labute approximate surface area is 180 Å². The summed E-state index contributed by atoms with van der Waals surface area (Å²) in [5.74, 6) is 0.619. The number of hydrogen-bond donors (Lipinski definition) is 4. The van der Waals surface area contributed by atoms with Crippen LogP contribution in [0.5, 0.6) is 23.0 Å². The molecule has 2 rings (SSSR count). The topological polar surface area (TPSA) is 80.9 Å². The maximum Gasteiger partial charge on any atom is 0.126 e. The van der Waals surface area contributed by atoms with Crippen LogP contribution in [-0.2, 0) is 6.42 Å². The maximum atomic E-state index is 9.77. The van der Waals surface area contributed by atoms with Crippen LogP contribution in [0.3, 0.4) is 0 Å². The molecule has 0 saturated heterocycles. The first-order chi connectivity index (χ1) is 14.6. The molecule has 0 aliphatic heterocycles. The molecule has 164 valence electrons. The summed E-state index contributed by atoms with van der Waals surface area (Å²) in [6, 6.07) is 9.71. The molecule has 0 radical (unpaired) electrons. The molecule has 4 heteroatoms. The monoisotopic (exact) mass is 412 g/mol. The van der Waals surface area contributed by atoms with Crippen molar-refractivity contribution in [3.63, 3.8) is 0 Å². The zero-order valence-electron chi connectivity index (χ0n) is 17.9. The standard InChI is InChI=1S/C26H36O4/c27-23-17-13-18-24(28)21(23)15-11-9-7-5-3-1-2-4-6-8-10-12-16-22-25(29)19-14-20-26(22)30/h11,13-15,17-20,27-30H,1-10,12,16H2. The smallest absolute Gasteiger partial charge is 0.126 e. The van der Waals surface area contributed by atoms with Crippen molar-refractivity contribution in [2.24, 2.45) is 0 Å². The Bertz CT molecular complexity index is 742. The number of unbranched alkanes of at least 4 members (excludes halogenated alkanes) is 10. The molecule has 0 unspecified atom stereocenters. The first kappa shape index (κ1) is 23.7. The SMILES string of the molecule is Oc1cccc(O)c1C=CCCCCCCCCCCCCc1c(O)cccc1O. The van der Waals surface area contributed by atoms with Gasteiger partial charge in [0, 0.05) is 5.56 Å². The van der Waals surface area contributed by atoms with E-state index in [1.165, 1.54) is 44.9 Å². The lowest BCUT2D eigenvalue weighted by Gasteiger charge is -2.07. The second-order valence-corrected chi connectivity index (χ2v) is 7.96. The maximum absolute atomic E-state index is 9.77. The Morgan fingerprint density at radius 2 is 0.967 bits per heavy atom. The predicted octanol–water partition coefficient (Wildman–Crippen LogP) is 7.06. The zero-order chi connectivity index (χ0) is 21.6. The normalized spacial score (nSPS) is 11.3. The van der Waals surface area contributed by atoms with Gasteiger partial charge in [-0.2, -0.15) is 0 Å². The summed E-state index contributed by atoms with van der Waals surface area (Å²) in [5.41, 5.74) is 1.17. The van der Waals surface area contributed by atoms with E-state index in [1.807, 2.05) is 6.08 Å². The second kappa shape index (κ2) is 13.6. The molecule has 0 heterocycles. The zero-order valence-corrected chi connectivity index (χ0v) is 17.9. The van der Waals surface area contributed by atoms with E-state index in [0.717, 1.165) is 32.1 Å². The van der Waals surface area contributed by atoms with Crippen molar-refractivity contribution in [3.8, 4) is 23.0 Å². The summed E-state index contributed by atoms with van der Waals surface area (Å²) in [5, 5.41) is 39.0. The Hall–Kier alpha value is -2.62. The van der Waals surface area contributed by atoms with Gasteiger partial charge in [-0.25, -0.2) is 0 Å². The van der Waals surface area contributed by atoms with Gasteiger partial charge < -0.3 is 20.4 Å². The summed E-state index contributed by atoms with van der Waals surface area (Å²) < 4.78 is 0. The highest BCUT2D eigenvalue weighted by atomic mass is 16.3. The van der Waals surface area contributed by atoms with Crippen LogP contribution >= 0.6 is 0 Å². The summed E-state index contributed by atoms with van der Waals surface area (Å²) in [4.78, 5) is 0. The van der Waals surface area contributed by atoms with E-state index in [4.69, 9.17) is 0 Å². The van der Waals surface area contributed by atoms with Gasteiger partial charge in [-0.15, -0.1) is 0 Å². The lowest BCUT2D eigenvalue weighted by molar-refractivity contribution is 0.435. The van der Waals surface area contributed by atoms with Crippen molar-refractivity contribution in [1.82, 2.24) is 0 Å². The number of phenols is 4. The van der Waals surface area contributed by atoms with Crippen LogP contribution < -0.4 is 0 Å². The Kier molecular flexibility index (Phi) is 10.7. The highest BCUT2D eigenvalue weighted by Gasteiger charge is 2.06. The molecule has 0 amide bonds. The van der Waals surface area contributed by atoms with Crippen molar-refractivity contribution in [2.75, 3.05) is 0 Å². The van der Waals surface area contributed by atoms with E-state index in [9.17, 15) is 20.4 Å². The van der Waals surface area contributed by atoms with E-state index in [2.05, 4.69) is 0 Å². The number of hydrogen-bond acceptors (Lipinski definition) is 4.